The zero-order chi connectivity index (χ0) is 12.3. The van der Waals surface area contributed by atoms with Gasteiger partial charge in [-0.25, -0.2) is 0 Å². The Morgan fingerprint density at radius 1 is 1.41 bits per heavy atom. The number of rotatable bonds is 3. The lowest BCUT2D eigenvalue weighted by Crippen LogP contribution is -1.99. The number of thiocarbonyl (C=S) groups is 1. The van der Waals surface area contributed by atoms with Crippen LogP contribution in [0.25, 0.3) is 0 Å². The van der Waals surface area contributed by atoms with E-state index in [1.807, 2.05) is 30.5 Å². The Balaban J connectivity index is 2.21. The minimum absolute atomic E-state index is 0.536. The smallest absolute Gasteiger partial charge is 0.198 e. The van der Waals surface area contributed by atoms with Crippen LogP contribution in [0.4, 0.5) is 5.82 Å². The van der Waals surface area contributed by atoms with Crippen LogP contribution in [0.15, 0.2) is 39.9 Å². The van der Waals surface area contributed by atoms with Crippen molar-refractivity contribution in [2.75, 3.05) is 0 Å². The second-order valence-corrected chi connectivity index (χ2v) is 4.80. The molecule has 0 saturated carbocycles. The third kappa shape index (κ3) is 3.23. The highest BCUT2D eigenvalue weighted by Gasteiger charge is 2.05. The number of benzene rings is 1. The lowest BCUT2D eigenvalue weighted by molar-refractivity contribution is 0.688. The summed E-state index contributed by atoms with van der Waals surface area (Å²) in [6.45, 7) is 0.655. The highest BCUT2D eigenvalue weighted by molar-refractivity contribution is 9.10. The first kappa shape index (κ1) is 12.5. The first-order valence-corrected chi connectivity index (χ1v) is 6.32. The largest absolute Gasteiger partial charge is 0.265 e. The lowest BCUT2D eigenvalue weighted by atomic mass is 10.2. The van der Waals surface area contributed by atoms with Crippen molar-refractivity contribution in [1.29, 1.82) is 0 Å². The standard InChI is InChI=1S/C11H7BrClN3S/c12-10-6-16(15-11(10)14-7-17)5-8-1-3-9(13)4-2-8/h1-4,6H,5H2. The number of halogens is 2. The van der Waals surface area contributed by atoms with Crippen LogP contribution in [-0.4, -0.2) is 14.9 Å². The predicted octanol–water partition coefficient (Wildman–Crippen LogP) is 4.08. The fourth-order valence-corrected chi connectivity index (χ4v) is 1.98. The Kier molecular flexibility index (Phi) is 4.07. The number of isothiocyanates is 1. The average Bonchev–Trinajstić information content (AvgIpc) is 2.63. The highest BCUT2D eigenvalue weighted by Crippen LogP contribution is 2.23. The van der Waals surface area contributed by atoms with Crippen LogP contribution >= 0.6 is 39.7 Å². The minimum atomic E-state index is 0.536. The third-order valence-corrected chi connectivity index (χ3v) is 3.01. The molecular weight excluding hydrogens is 322 g/mol. The van der Waals surface area contributed by atoms with Gasteiger partial charge in [-0.3, -0.25) is 4.68 Å². The van der Waals surface area contributed by atoms with E-state index in [2.05, 4.69) is 43.4 Å². The van der Waals surface area contributed by atoms with Crippen LogP contribution in [-0.2, 0) is 6.54 Å². The van der Waals surface area contributed by atoms with E-state index in [1.54, 1.807) is 4.68 Å². The molecule has 3 nitrogen and oxygen atoms in total. The van der Waals surface area contributed by atoms with Crippen molar-refractivity contribution in [2.24, 2.45) is 4.99 Å². The van der Waals surface area contributed by atoms with Crippen molar-refractivity contribution in [3.8, 4) is 0 Å². The van der Waals surface area contributed by atoms with Crippen LogP contribution < -0.4 is 0 Å². The van der Waals surface area contributed by atoms with Crippen LogP contribution in [0, 0.1) is 0 Å². The molecule has 86 valence electrons. The van der Waals surface area contributed by atoms with Gasteiger partial charge in [0.25, 0.3) is 0 Å². The summed E-state index contributed by atoms with van der Waals surface area (Å²) in [4.78, 5) is 3.85. The molecule has 0 bridgehead atoms. The summed E-state index contributed by atoms with van der Waals surface area (Å²) >= 11 is 13.7. The van der Waals surface area contributed by atoms with Crippen LogP contribution in [0.5, 0.6) is 0 Å². The molecule has 0 aliphatic carbocycles. The molecule has 0 fully saturated rings. The van der Waals surface area contributed by atoms with Gasteiger partial charge < -0.3 is 0 Å². The Labute approximate surface area is 117 Å². The van der Waals surface area contributed by atoms with E-state index < -0.39 is 0 Å². The molecule has 0 aliphatic heterocycles. The quantitative estimate of drug-likeness (QED) is 0.628. The van der Waals surface area contributed by atoms with E-state index in [9.17, 15) is 0 Å². The van der Waals surface area contributed by atoms with Crippen LogP contribution in [0.2, 0.25) is 5.02 Å². The molecule has 6 heteroatoms. The topological polar surface area (TPSA) is 30.2 Å². The van der Waals surface area contributed by atoms with Gasteiger partial charge in [-0.2, -0.15) is 10.1 Å². The van der Waals surface area contributed by atoms with Crippen molar-refractivity contribution in [3.05, 3.63) is 45.5 Å². The molecule has 0 aliphatic rings. The van der Waals surface area contributed by atoms with Gasteiger partial charge in [-0.05, 0) is 45.8 Å². The second-order valence-electron chi connectivity index (χ2n) is 3.33. The number of hydrogen-bond donors (Lipinski definition) is 0. The number of hydrogen-bond acceptors (Lipinski definition) is 3. The first-order valence-electron chi connectivity index (χ1n) is 4.74. The summed E-state index contributed by atoms with van der Waals surface area (Å²) in [5.74, 6) is 0.536. The Hall–Kier alpha value is -1.000. The number of aromatic nitrogens is 2. The Bertz CT molecular complexity index is 573. The van der Waals surface area contributed by atoms with Crippen molar-refractivity contribution in [1.82, 2.24) is 9.78 Å². The van der Waals surface area contributed by atoms with Gasteiger partial charge in [0.2, 0.25) is 0 Å². The van der Waals surface area contributed by atoms with Gasteiger partial charge in [0.15, 0.2) is 5.82 Å². The lowest BCUT2D eigenvalue weighted by Gasteiger charge is -2.01. The maximum absolute atomic E-state index is 5.82. The van der Waals surface area contributed by atoms with E-state index in [-0.39, 0.29) is 0 Å². The van der Waals surface area contributed by atoms with Gasteiger partial charge in [0.1, 0.15) is 0 Å². The van der Waals surface area contributed by atoms with Gasteiger partial charge in [0, 0.05) is 11.2 Å². The maximum Gasteiger partial charge on any atom is 0.198 e. The number of nitrogens with zero attached hydrogens (tertiary/aromatic N) is 3. The van der Waals surface area contributed by atoms with Gasteiger partial charge in [-0.1, -0.05) is 23.7 Å². The summed E-state index contributed by atoms with van der Waals surface area (Å²) in [6.07, 6.45) is 1.85. The molecule has 0 N–H and O–H groups in total. The second kappa shape index (κ2) is 5.56. The third-order valence-electron chi connectivity index (χ3n) is 2.11. The van der Waals surface area contributed by atoms with Crippen molar-refractivity contribution in [2.45, 2.75) is 6.54 Å². The molecule has 0 saturated heterocycles. The summed E-state index contributed by atoms with van der Waals surface area (Å²) in [5.41, 5.74) is 1.11. The SMILES string of the molecule is S=C=Nc1nn(Cc2ccc(Cl)cc2)cc1Br. The Morgan fingerprint density at radius 2 is 2.12 bits per heavy atom. The van der Waals surface area contributed by atoms with Crippen molar-refractivity contribution >= 4 is 50.7 Å². The molecule has 0 radical (unpaired) electrons. The van der Waals surface area contributed by atoms with Crippen LogP contribution in [0.3, 0.4) is 0 Å². The van der Waals surface area contributed by atoms with E-state index in [0.29, 0.717) is 12.4 Å². The summed E-state index contributed by atoms with van der Waals surface area (Å²) in [6, 6.07) is 7.62. The fraction of sp³-hybridized carbons (Fsp3) is 0.0909. The molecular formula is C11H7BrClN3S. The zero-order valence-electron chi connectivity index (χ0n) is 8.60. The van der Waals surface area contributed by atoms with Crippen molar-refractivity contribution in [3.63, 3.8) is 0 Å². The molecule has 0 spiro atoms. The number of aliphatic imine (C=N–C) groups is 1. The molecule has 1 aromatic heterocycles. The molecule has 1 heterocycles. The summed E-state index contributed by atoms with van der Waals surface area (Å²) < 4.78 is 2.57. The molecule has 0 atom stereocenters. The van der Waals surface area contributed by atoms with E-state index in [4.69, 9.17) is 11.6 Å². The molecule has 17 heavy (non-hydrogen) atoms. The summed E-state index contributed by atoms with van der Waals surface area (Å²) in [7, 11) is 0. The van der Waals surface area contributed by atoms with Gasteiger partial charge in [0.05, 0.1) is 16.2 Å². The average molecular weight is 329 g/mol. The van der Waals surface area contributed by atoms with Gasteiger partial charge in [-0.15, -0.1) is 0 Å². The van der Waals surface area contributed by atoms with Gasteiger partial charge >= 0.3 is 0 Å². The van der Waals surface area contributed by atoms with Crippen molar-refractivity contribution < 1.29 is 0 Å². The first-order chi connectivity index (χ1) is 8.19. The summed E-state index contributed by atoms with van der Waals surface area (Å²) in [5, 5.41) is 7.28. The Morgan fingerprint density at radius 3 is 2.76 bits per heavy atom. The van der Waals surface area contributed by atoms with E-state index in [0.717, 1.165) is 15.1 Å². The maximum atomic E-state index is 5.82. The highest BCUT2D eigenvalue weighted by atomic mass is 79.9. The molecule has 0 amide bonds. The normalized spacial score (nSPS) is 10.0. The molecule has 1 aromatic carbocycles. The fourth-order valence-electron chi connectivity index (χ4n) is 1.36. The predicted molar refractivity (Wildman–Crippen MR) is 75.2 cm³/mol. The van der Waals surface area contributed by atoms with Crippen LogP contribution in [0.1, 0.15) is 5.56 Å². The zero-order valence-corrected chi connectivity index (χ0v) is 11.8. The monoisotopic (exact) mass is 327 g/mol. The minimum Gasteiger partial charge on any atom is -0.265 e. The molecule has 2 aromatic rings. The van der Waals surface area contributed by atoms with E-state index >= 15 is 0 Å². The van der Waals surface area contributed by atoms with E-state index in [1.165, 1.54) is 0 Å². The molecule has 2 rings (SSSR count). The molecule has 0 unspecified atom stereocenters.